The number of esters is 1. The molecule has 6 heteroatoms. The second-order valence-corrected chi connectivity index (χ2v) is 5.79. The number of anilines is 1. The molecule has 1 aliphatic rings. The highest BCUT2D eigenvalue weighted by molar-refractivity contribution is 5.97. The molecular formula is C19H18FNO4. The van der Waals surface area contributed by atoms with Gasteiger partial charge in [-0.1, -0.05) is 24.3 Å². The van der Waals surface area contributed by atoms with Crippen LogP contribution in [0.4, 0.5) is 10.1 Å². The molecule has 0 saturated heterocycles. The van der Waals surface area contributed by atoms with Gasteiger partial charge in [0, 0.05) is 24.2 Å². The summed E-state index contributed by atoms with van der Waals surface area (Å²) in [6.45, 7) is 0.183. The fraction of sp³-hybridized carbons (Fsp3) is 0.263. The summed E-state index contributed by atoms with van der Waals surface area (Å²) in [7, 11) is 1.35. The van der Waals surface area contributed by atoms with Gasteiger partial charge in [-0.25, -0.2) is 4.39 Å². The minimum absolute atomic E-state index is 0.109. The van der Waals surface area contributed by atoms with Crippen LogP contribution in [0.1, 0.15) is 17.9 Å². The lowest BCUT2D eigenvalue weighted by Gasteiger charge is -2.18. The average molecular weight is 343 g/mol. The molecule has 0 aliphatic carbocycles. The predicted molar refractivity (Wildman–Crippen MR) is 90.1 cm³/mol. The second-order valence-electron chi connectivity index (χ2n) is 5.79. The van der Waals surface area contributed by atoms with Gasteiger partial charge in [0.2, 0.25) is 0 Å². The van der Waals surface area contributed by atoms with Crippen molar-refractivity contribution in [3.8, 4) is 5.75 Å². The first-order valence-electron chi connectivity index (χ1n) is 7.93. The molecule has 0 radical (unpaired) electrons. The summed E-state index contributed by atoms with van der Waals surface area (Å²) < 4.78 is 23.3. The van der Waals surface area contributed by atoms with E-state index in [0.717, 1.165) is 11.3 Å². The standard InChI is InChI=1S/C19H18FNO4/c1-24-19(23)9-13-11-21(17-8-3-2-7-16(13)17)18(22)12-25-15-6-4-5-14(20)10-15/h2-8,10,13H,9,11-12H2,1H3. The van der Waals surface area contributed by atoms with Crippen molar-refractivity contribution in [3.63, 3.8) is 0 Å². The van der Waals surface area contributed by atoms with Crippen molar-refractivity contribution in [1.29, 1.82) is 0 Å². The molecule has 5 nitrogen and oxygen atoms in total. The van der Waals surface area contributed by atoms with Crippen LogP contribution >= 0.6 is 0 Å². The SMILES string of the molecule is COC(=O)CC1CN(C(=O)COc2cccc(F)c2)c2ccccc21. The molecular weight excluding hydrogens is 325 g/mol. The van der Waals surface area contributed by atoms with E-state index in [1.807, 2.05) is 24.3 Å². The van der Waals surface area contributed by atoms with Crippen LogP contribution in [0.5, 0.6) is 5.75 Å². The maximum atomic E-state index is 13.2. The largest absolute Gasteiger partial charge is 0.484 e. The van der Waals surface area contributed by atoms with Gasteiger partial charge in [0.05, 0.1) is 13.5 Å². The Morgan fingerprint density at radius 2 is 2.00 bits per heavy atom. The fourth-order valence-electron chi connectivity index (χ4n) is 2.97. The molecule has 2 aromatic rings. The molecule has 0 aromatic heterocycles. The Kier molecular flexibility index (Phi) is 4.97. The number of halogens is 1. The average Bonchev–Trinajstić information content (AvgIpc) is 2.98. The fourth-order valence-corrected chi connectivity index (χ4v) is 2.97. The first kappa shape index (κ1) is 17.0. The van der Waals surface area contributed by atoms with Crippen LogP contribution in [0.25, 0.3) is 0 Å². The normalized spacial score (nSPS) is 15.6. The van der Waals surface area contributed by atoms with Crippen LogP contribution in [0, 0.1) is 5.82 Å². The van der Waals surface area contributed by atoms with E-state index >= 15 is 0 Å². The van der Waals surface area contributed by atoms with Gasteiger partial charge in [-0.05, 0) is 23.8 Å². The molecule has 2 aromatic carbocycles. The van der Waals surface area contributed by atoms with Crippen molar-refractivity contribution in [2.24, 2.45) is 0 Å². The molecule has 1 heterocycles. The van der Waals surface area contributed by atoms with E-state index in [-0.39, 0.29) is 30.8 Å². The number of fused-ring (bicyclic) bond motifs is 1. The zero-order valence-electron chi connectivity index (χ0n) is 13.8. The van der Waals surface area contributed by atoms with Gasteiger partial charge in [0.25, 0.3) is 5.91 Å². The Labute approximate surface area is 145 Å². The van der Waals surface area contributed by atoms with Gasteiger partial charge in [-0.15, -0.1) is 0 Å². The lowest BCUT2D eigenvalue weighted by molar-refractivity contribution is -0.141. The third-order valence-corrected chi connectivity index (χ3v) is 4.17. The zero-order chi connectivity index (χ0) is 17.8. The molecule has 3 rings (SSSR count). The van der Waals surface area contributed by atoms with Crippen LogP contribution in [0.2, 0.25) is 0 Å². The third kappa shape index (κ3) is 3.79. The predicted octanol–water partition coefficient (Wildman–Crippen LogP) is 2.90. The Bertz CT molecular complexity index is 792. The zero-order valence-corrected chi connectivity index (χ0v) is 13.8. The van der Waals surface area contributed by atoms with Gasteiger partial charge < -0.3 is 14.4 Å². The Morgan fingerprint density at radius 1 is 1.20 bits per heavy atom. The first-order valence-corrected chi connectivity index (χ1v) is 7.93. The maximum Gasteiger partial charge on any atom is 0.306 e. The van der Waals surface area contributed by atoms with Crippen molar-refractivity contribution in [2.75, 3.05) is 25.2 Å². The smallest absolute Gasteiger partial charge is 0.306 e. The number of carbonyl (C=O) groups excluding carboxylic acids is 2. The van der Waals surface area contributed by atoms with Crippen molar-refractivity contribution >= 4 is 17.6 Å². The topological polar surface area (TPSA) is 55.8 Å². The number of hydrogen-bond acceptors (Lipinski definition) is 4. The van der Waals surface area contributed by atoms with Crippen molar-refractivity contribution in [2.45, 2.75) is 12.3 Å². The van der Waals surface area contributed by atoms with E-state index in [9.17, 15) is 14.0 Å². The van der Waals surface area contributed by atoms with Crippen molar-refractivity contribution < 1.29 is 23.5 Å². The van der Waals surface area contributed by atoms with E-state index in [0.29, 0.717) is 12.3 Å². The number of hydrogen-bond donors (Lipinski definition) is 0. The Morgan fingerprint density at radius 3 is 2.76 bits per heavy atom. The highest BCUT2D eigenvalue weighted by atomic mass is 19.1. The van der Waals surface area contributed by atoms with E-state index in [4.69, 9.17) is 9.47 Å². The van der Waals surface area contributed by atoms with Crippen molar-refractivity contribution in [3.05, 3.63) is 59.9 Å². The number of methoxy groups -OCH3 is 1. The number of rotatable bonds is 5. The van der Waals surface area contributed by atoms with E-state index < -0.39 is 5.82 Å². The van der Waals surface area contributed by atoms with Gasteiger partial charge in [-0.3, -0.25) is 9.59 Å². The monoisotopic (exact) mass is 343 g/mol. The maximum absolute atomic E-state index is 13.2. The summed E-state index contributed by atoms with van der Waals surface area (Å²) in [5.41, 5.74) is 1.70. The third-order valence-electron chi connectivity index (χ3n) is 4.17. The van der Waals surface area contributed by atoms with Crippen LogP contribution in [-0.4, -0.2) is 32.1 Å². The first-order chi connectivity index (χ1) is 12.1. The van der Waals surface area contributed by atoms with Gasteiger partial charge >= 0.3 is 5.97 Å². The summed E-state index contributed by atoms with van der Waals surface area (Å²) in [5.74, 6) is -0.794. The molecule has 1 unspecified atom stereocenters. The van der Waals surface area contributed by atoms with Crippen LogP contribution in [0.15, 0.2) is 48.5 Å². The Hall–Kier alpha value is -2.89. The number of amides is 1. The number of ether oxygens (including phenoxy) is 2. The quantitative estimate of drug-likeness (QED) is 0.784. The number of benzene rings is 2. The summed E-state index contributed by atoms with van der Waals surface area (Å²) in [5, 5.41) is 0. The molecule has 0 bridgehead atoms. The minimum Gasteiger partial charge on any atom is -0.484 e. The number of nitrogens with zero attached hydrogens (tertiary/aromatic N) is 1. The molecule has 1 amide bonds. The van der Waals surface area contributed by atoms with Gasteiger partial charge in [0.15, 0.2) is 6.61 Å². The second kappa shape index (κ2) is 7.34. The molecule has 0 spiro atoms. The number of para-hydroxylation sites is 1. The molecule has 130 valence electrons. The molecule has 25 heavy (non-hydrogen) atoms. The van der Waals surface area contributed by atoms with E-state index in [1.165, 1.54) is 25.3 Å². The van der Waals surface area contributed by atoms with Crippen LogP contribution in [0.3, 0.4) is 0 Å². The Balaban J connectivity index is 1.71. The van der Waals surface area contributed by atoms with Gasteiger partial charge in [0.1, 0.15) is 11.6 Å². The minimum atomic E-state index is -0.422. The van der Waals surface area contributed by atoms with Crippen molar-refractivity contribution in [1.82, 2.24) is 0 Å². The highest BCUT2D eigenvalue weighted by Crippen LogP contribution is 2.38. The van der Waals surface area contributed by atoms with E-state index in [1.54, 1.807) is 11.0 Å². The molecule has 0 N–H and O–H groups in total. The van der Waals surface area contributed by atoms with Crippen LogP contribution < -0.4 is 9.64 Å². The summed E-state index contributed by atoms with van der Waals surface area (Å²) in [6, 6.07) is 13.1. The molecule has 0 fully saturated rings. The van der Waals surface area contributed by atoms with E-state index in [2.05, 4.69) is 0 Å². The van der Waals surface area contributed by atoms with Gasteiger partial charge in [-0.2, -0.15) is 0 Å². The summed E-state index contributed by atoms with van der Waals surface area (Å²) >= 11 is 0. The summed E-state index contributed by atoms with van der Waals surface area (Å²) in [4.78, 5) is 25.8. The molecule has 1 aliphatic heterocycles. The van der Waals surface area contributed by atoms with Crippen LogP contribution in [-0.2, 0) is 14.3 Å². The lowest BCUT2D eigenvalue weighted by Crippen LogP contribution is -2.34. The lowest BCUT2D eigenvalue weighted by atomic mass is 9.98. The molecule has 0 saturated carbocycles. The molecule has 1 atom stereocenters. The highest BCUT2D eigenvalue weighted by Gasteiger charge is 2.33. The summed E-state index contributed by atoms with van der Waals surface area (Å²) in [6.07, 6.45) is 0.210. The number of carbonyl (C=O) groups is 2.